The molecule has 0 unspecified atom stereocenters. The molecule has 1 aromatic heterocycles. The number of alkyl halides is 3. The molecule has 2 aromatic rings. The zero-order chi connectivity index (χ0) is 24.6. The van der Waals surface area contributed by atoms with Crippen LogP contribution in [0.2, 0.25) is 0 Å². The van der Waals surface area contributed by atoms with E-state index in [2.05, 4.69) is 0 Å². The number of fused-ring (bicyclic) bond motifs is 4. The Morgan fingerprint density at radius 1 is 1.03 bits per heavy atom. The minimum absolute atomic E-state index is 0.00512. The second kappa shape index (κ2) is 7.77. The molecule has 1 saturated carbocycles. The molecule has 2 aliphatic carbocycles. The number of halogens is 3. The third-order valence-corrected chi connectivity index (χ3v) is 7.94. The summed E-state index contributed by atoms with van der Waals surface area (Å²) in [4.78, 5) is 4.93. The standard InChI is InChI=1S/C27H32F3NO3/c1-14(2)21-19-20(18-17(32)13-25(3,4)24(33)22(18)31-21)26(11-5-6-12-26)34-23(19)15-7-9-16(10-8-15)27(28,29)30/h7-10,14,17,23-24,32-33H,5-6,11-13H2,1-4H3/t17-,23+,24+/m0/s1. The minimum atomic E-state index is -4.41. The van der Waals surface area contributed by atoms with E-state index in [1.807, 2.05) is 27.7 Å². The fourth-order valence-corrected chi connectivity index (χ4v) is 6.21. The van der Waals surface area contributed by atoms with Crippen LogP contribution in [0.25, 0.3) is 0 Å². The van der Waals surface area contributed by atoms with Crippen LogP contribution in [0.15, 0.2) is 24.3 Å². The van der Waals surface area contributed by atoms with E-state index in [0.29, 0.717) is 23.2 Å². The van der Waals surface area contributed by atoms with Crippen molar-refractivity contribution in [1.29, 1.82) is 0 Å². The maximum absolute atomic E-state index is 13.2. The molecule has 2 heterocycles. The number of nitrogens with zero attached hydrogens (tertiary/aromatic N) is 1. The van der Waals surface area contributed by atoms with Gasteiger partial charge >= 0.3 is 6.18 Å². The zero-order valence-electron chi connectivity index (χ0n) is 20.0. The Balaban J connectivity index is 1.76. The van der Waals surface area contributed by atoms with E-state index in [9.17, 15) is 23.4 Å². The molecule has 1 fully saturated rings. The van der Waals surface area contributed by atoms with Crippen molar-refractivity contribution in [3.05, 3.63) is 63.5 Å². The van der Waals surface area contributed by atoms with Crippen LogP contribution in [0.1, 0.15) is 123 Å². The number of hydrogen-bond acceptors (Lipinski definition) is 4. The molecular formula is C27H32F3NO3. The number of ether oxygens (including phenoxy) is 1. The lowest BCUT2D eigenvalue weighted by atomic mass is 9.69. The molecule has 0 radical (unpaired) electrons. The average Bonchev–Trinajstić information content (AvgIpc) is 3.36. The van der Waals surface area contributed by atoms with Gasteiger partial charge in [0, 0.05) is 16.8 Å². The molecule has 34 heavy (non-hydrogen) atoms. The molecule has 1 spiro atoms. The number of hydrogen-bond donors (Lipinski definition) is 2. The molecule has 0 bridgehead atoms. The summed E-state index contributed by atoms with van der Waals surface area (Å²) in [7, 11) is 0. The molecule has 184 valence electrons. The van der Waals surface area contributed by atoms with Crippen molar-refractivity contribution in [2.75, 3.05) is 0 Å². The number of pyridine rings is 1. The van der Waals surface area contributed by atoms with Gasteiger partial charge in [0.05, 0.1) is 23.0 Å². The molecule has 1 aromatic carbocycles. The highest BCUT2D eigenvalue weighted by Gasteiger charge is 2.54. The zero-order valence-corrected chi connectivity index (χ0v) is 20.0. The normalized spacial score (nSPS) is 27.3. The van der Waals surface area contributed by atoms with Gasteiger partial charge in [-0.15, -0.1) is 0 Å². The molecule has 1 aliphatic heterocycles. The van der Waals surface area contributed by atoms with Gasteiger partial charge in [0.2, 0.25) is 0 Å². The van der Waals surface area contributed by atoms with E-state index < -0.39 is 41.1 Å². The van der Waals surface area contributed by atoms with Gasteiger partial charge < -0.3 is 14.9 Å². The van der Waals surface area contributed by atoms with Crippen LogP contribution in [0.4, 0.5) is 13.2 Å². The predicted octanol–water partition coefficient (Wildman–Crippen LogP) is 6.61. The third-order valence-electron chi connectivity index (χ3n) is 7.94. The predicted molar refractivity (Wildman–Crippen MR) is 121 cm³/mol. The maximum atomic E-state index is 13.2. The lowest BCUT2D eigenvalue weighted by Gasteiger charge is -2.41. The van der Waals surface area contributed by atoms with Gasteiger partial charge in [0.25, 0.3) is 0 Å². The van der Waals surface area contributed by atoms with Crippen molar-refractivity contribution < 1.29 is 28.1 Å². The lowest BCUT2D eigenvalue weighted by Crippen LogP contribution is -2.35. The topological polar surface area (TPSA) is 62.6 Å². The number of benzene rings is 1. The van der Waals surface area contributed by atoms with E-state index in [0.717, 1.165) is 54.6 Å². The summed E-state index contributed by atoms with van der Waals surface area (Å²) in [5.41, 5.74) is 2.56. The molecule has 5 rings (SSSR count). The molecule has 2 N–H and O–H groups in total. The van der Waals surface area contributed by atoms with E-state index >= 15 is 0 Å². The smallest absolute Gasteiger partial charge is 0.388 e. The Bertz CT molecular complexity index is 1100. The first kappa shape index (κ1) is 23.8. The van der Waals surface area contributed by atoms with Crippen molar-refractivity contribution >= 4 is 0 Å². The molecule has 3 atom stereocenters. The van der Waals surface area contributed by atoms with Crippen molar-refractivity contribution in [3.63, 3.8) is 0 Å². The van der Waals surface area contributed by atoms with Crippen LogP contribution >= 0.6 is 0 Å². The number of rotatable bonds is 2. The summed E-state index contributed by atoms with van der Waals surface area (Å²) in [6.45, 7) is 7.91. The van der Waals surface area contributed by atoms with Crippen molar-refractivity contribution in [1.82, 2.24) is 4.98 Å². The lowest BCUT2D eigenvalue weighted by molar-refractivity contribution is -0.137. The molecule has 3 aliphatic rings. The fourth-order valence-electron chi connectivity index (χ4n) is 6.21. The summed E-state index contributed by atoms with van der Waals surface area (Å²) in [5, 5.41) is 22.5. The third kappa shape index (κ3) is 3.50. The minimum Gasteiger partial charge on any atom is -0.388 e. The maximum Gasteiger partial charge on any atom is 0.416 e. The molecule has 0 amide bonds. The van der Waals surface area contributed by atoms with Crippen LogP contribution in [0.5, 0.6) is 0 Å². The number of aliphatic hydroxyl groups excluding tert-OH is 2. The highest BCUT2D eigenvalue weighted by Crippen LogP contribution is 2.60. The highest BCUT2D eigenvalue weighted by atomic mass is 19.4. The Morgan fingerprint density at radius 3 is 2.21 bits per heavy atom. The first-order valence-electron chi connectivity index (χ1n) is 12.1. The first-order chi connectivity index (χ1) is 15.9. The quantitative estimate of drug-likeness (QED) is 0.513. The Labute approximate surface area is 198 Å². The van der Waals surface area contributed by atoms with Crippen LogP contribution in [0, 0.1) is 5.41 Å². The fraction of sp³-hybridized carbons (Fsp3) is 0.593. The summed E-state index contributed by atoms with van der Waals surface area (Å²) in [6.07, 6.45) is -2.69. The van der Waals surface area contributed by atoms with Crippen LogP contribution in [-0.2, 0) is 16.5 Å². The molecule has 0 saturated heterocycles. The van der Waals surface area contributed by atoms with Gasteiger partial charge in [-0.1, -0.05) is 52.7 Å². The number of aliphatic hydroxyl groups is 2. The van der Waals surface area contributed by atoms with Crippen molar-refractivity contribution in [3.8, 4) is 0 Å². The van der Waals surface area contributed by atoms with Crippen LogP contribution in [-0.4, -0.2) is 15.2 Å². The van der Waals surface area contributed by atoms with Crippen molar-refractivity contribution in [2.24, 2.45) is 5.41 Å². The SMILES string of the molecule is CC(C)c1nc2c(c3c1[C@@H](c1ccc(C(F)(F)F)cc1)OC31CCCC1)[C@@H](O)CC(C)(C)[C@@H]2O. The Morgan fingerprint density at radius 2 is 1.65 bits per heavy atom. The summed E-state index contributed by atoms with van der Waals surface area (Å²) in [5.74, 6) is 0.00512. The molecule has 7 heteroatoms. The van der Waals surface area contributed by atoms with E-state index in [-0.39, 0.29) is 5.92 Å². The molecule has 4 nitrogen and oxygen atoms in total. The molecular weight excluding hydrogens is 443 g/mol. The average molecular weight is 476 g/mol. The highest BCUT2D eigenvalue weighted by molar-refractivity contribution is 5.55. The monoisotopic (exact) mass is 475 g/mol. The van der Waals surface area contributed by atoms with E-state index in [1.54, 1.807) is 0 Å². The van der Waals surface area contributed by atoms with Gasteiger partial charge in [-0.25, -0.2) is 0 Å². The second-order valence-corrected chi connectivity index (χ2v) is 11.2. The second-order valence-electron chi connectivity index (χ2n) is 11.2. The van der Waals surface area contributed by atoms with E-state index in [1.165, 1.54) is 12.1 Å². The summed E-state index contributed by atoms with van der Waals surface area (Å²) < 4.78 is 46.3. The van der Waals surface area contributed by atoms with Gasteiger partial charge in [-0.05, 0) is 53.9 Å². The van der Waals surface area contributed by atoms with E-state index in [4.69, 9.17) is 9.72 Å². The van der Waals surface area contributed by atoms with Crippen LogP contribution < -0.4 is 0 Å². The van der Waals surface area contributed by atoms with Crippen LogP contribution in [0.3, 0.4) is 0 Å². The van der Waals surface area contributed by atoms with Gasteiger partial charge in [-0.3, -0.25) is 4.98 Å². The van der Waals surface area contributed by atoms with Gasteiger partial charge in [0.15, 0.2) is 0 Å². The van der Waals surface area contributed by atoms with Gasteiger partial charge in [0.1, 0.15) is 12.2 Å². The number of aromatic nitrogens is 1. The van der Waals surface area contributed by atoms with Crippen molar-refractivity contribution in [2.45, 2.75) is 95.8 Å². The Kier molecular flexibility index (Phi) is 5.43. The Hall–Kier alpha value is -1.96. The van der Waals surface area contributed by atoms with Gasteiger partial charge in [-0.2, -0.15) is 13.2 Å². The summed E-state index contributed by atoms with van der Waals surface area (Å²) >= 11 is 0. The first-order valence-corrected chi connectivity index (χ1v) is 12.1. The largest absolute Gasteiger partial charge is 0.416 e. The summed E-state index contributed by atoms with van der Waals surface area (Å²) in [6, 6.07) is 5.17.